The Hall–Kier alpha value is -5.31. The van der Waals surface area contributed by atoms with Crippen molar-refractivity contribution in [3.63, 3.8) is 0 Å². The van der Waals surface area contributed by atoms with Crippen LogP contribution in [0, 0.1) is 0 Å². The van der Waals surface area contributed by atoms with E-state index in [0.29, 0.717) is 0 Å². The van der Waals surface area contributed by atoms with E-state index < -0.39 is 195 Å². The summed E-state index contributed by atoms with van der Waals surface area (Å²) in [6, 6.07) is -8.81. The van der Waals surface area contributed by atoms with Gasteiger partial charge < -0.3 is 0 Å². The summed E-state index contributed by atoms with van der Waals surface area (Å²) in [6.07, 6.45) is -53.0. The zero-order valence-electron chi connectivity index (χ0n) is 30.6. The Morgan fingerprint density at radius 2 is 0.531 bits per heavy atom. The molecular formula is C36H18BF24NOS. The average molecular weight is 979 g/mol. The van der Waals surface area contributed by atoms with Gasteiger partial charge in [0, 0.05) is 4.73 Å². The van der Waals surface area contributed by atoms with Gasteiger partial charge in [0.05, 0.1) is 49.9 Å². The molecule has 4 aromatic carbocycles. The van der Waals surface area contributed by atoms with Crippen LogP contribution in [0.3, 0.4) is 0 Å². The highest BCUT2D eigenvalue weighted by molar-refractivity contribution is 7.20. The van der Waals surface area contributed by atoms with Gasteiger partial charge in [-0.2, -0.15) is 127 Å². The van der Waals surface area contributed by atoms with Crippen LogP contribution < -0.4 is 31.4 Å². The summed E-state index contributed by atoms with van der Waals surface area (Å²) >= 11 is 1.60. The third-order valence-electron chi connectivity index (χ3n) is 9.10. The summed E-state index contributed by atoms with van der Waals surface area (Å²) in [5.41, 5.74) is -28.3. The first kappa shape index (κ1) is 51.3. The van der Waals surface area contributed by atoms with Crippen molar-refractivity contribution in [2.24, 2.45) is 0 Å². The van der Waals surface area contributed by atoms with E-state index in [2.05, 4.69) is 0 Å². The number of hydrogen-bond acceptors (Lipinski definition) is 2. The van der Waals surface area contributed by atoms with Crippen LogP contribution in [0.15, 0.2) is 89.9 Å². The number of hydrogen-bond donors (Lipinski definition) is 0. The Bertz CT molecular complexity index is 2000. The molecule has 5 aromatic rings. The maximum absolute atomic E-state index is 14.2. The van der Waals surface area contributed by atoms with Crippen molar-refractivity contribution >= 4 is 39.3 Å². The molecule has 0 aliphatic rings. The van der Waals surface area contributed by atoms with Gasteiger partial charge in [0.2, 0.25) is 6.20 Å². The number of rotatable bonds is 5. The topological polar surface area (TPSA) is 13.1 Å². The van der Waals surface area contributed by atoms with E-state index in [0.717, 1.165) is 0 Å². The van der Waals surface area contributed by atoms with Gasteiger partial charge in [-0.15, -0.1) is 0 Å². The first-order valence-electron chi connectivity index (χ1n) is 16.5. The Morgan fingerprint density at radius 3 is 0.641 bits per heavy atom. The van der Waals surface area contributed by atoms with E-state index in [1.807, 2.05) is 17.1 Å². The minimum Gasteiger partial charge on any atom is -0.274 e. The van der Waals surface area contributed by atoms with Crippen molar-refractivity contribution in [2.75, 3.05) is 7.11 Å². The lowest BCUT2D eigenvalue weighted by Gasteiger charge is -2.46. The average Bonchev–Trinajstić information content (AvgIpc) is 3.67. The first-order valence-corrected chi connectivity index (χ1v) is 17.5. The summed E-state index contributed by atoms with van der Waals surface area (Å²) < 4.78 is 342. The monoisotopic (exact) mass is 979 g/mol. The second-order valence-corrected chi connectivity index (χ2v) is 14.0. The van der Waals surface area contributed by atoms with Gasteiger partial charge in [0.25, 0.3) is 5.51 Å². The van der Waals surface area contributed by atoms with E-state index in [1.54, 1.807) is 23.2 Å². The van der Waals surface area contributed by atoms with Crippen LogP contribution in [0.5, 0.6) is 0 Å². The molecule has 0 spiro atoms. The second kappa shape index (κ2) is 16.9. The van der Waals surface area contributed by atoms with E-state index in [4.69, 9.17) is 4.84 Å². The smallest absolute Gasteiger partial charge is 0.274 e. The highest BCUT2D eigenvalue weighted by atomic mass is 32.1. The molecule has 2 nitrogen and oxygen atoms in total. The normalized spacial score (nSPS) is 13.7. The predicted octanol–water partition coefficient (Wildman–Crippen LogP) is 11.3. The maximum atomic E-state index is 14.2. The quantitative estimate of drug-likeness (QED) is 0.0972. The first-order chi connectivity index (χ1) is 28.7. The van der Waals surface area contributed by atoms with Crippen LogP contribution in [0.1, 0.15) is 44.5 Å². The van der Waals surface area contributed by atoms with E-state index in [9.17, 15) is 105 Å². The van der Waals surface area contributed by atoms with Crippen LogP contribution >= 0.6 is 11.3 Å². The fourth-order valence-corrected chi connectivity index (χ4v) is 6.94. The van der Waals surface area contributed by atoms with Gasteiger partial charge in [-0.3, -0.25) is 4.84 Å². The number of nitrogens with zero attached hydrogens (tertiary/aromatic N) is 1. The summed E-state index contributed by atoms with van der Waals surface area (Å²) in [5.74, 6) is 0. The molecule has 28 heteroatoms. The number of halogens is 24. The molecule has 0 atom stereocenters. The number of aromatic nitrogens is 1. The molecule has 0 saturated carbocycles. The van der Waals surface area contributed by atoms with Crippen LogP contribution in [0.2, 0.25) is 0 Å². The molecule has 0 amide bonds. The van der Waals surface area contributed by atoms with E-state index >= 15 is 0 Å². The lowest BCUT2D eigenvalue weighted by molar-refractivity contribution is -0.882. The third-order valence-corrected chi connectivity index (χ3v) is 9.71. The van der Waals surface area contributed by atoms with Crippen molar-refractivity contribution in [3.8, 4) is 0 Å². The van der Waals surface area contributed by atoms with Crippen molar-refractivity contribution in [2.45, 2.75) is 49.4 Å². The molecule has 1 heterocycles. The molecule has 350 valence electrons. The van der Waals surface area contributed by atoms with Gasteiger partial charge >= 0.3 is 49.4 Å². The summed E-state index contributed by atoms with van der Waals surface area (Å²) in [5, 5.41) is 1.95. The summed E-state index contributed by atoms with van der Waals surface area (Å²) in [6.45, 7) is 0. The highest BCUT2D eigenvalue weighted by Gasteiger charge is 2.47. The molecule has 0 fully saturated rings. The predicted molar refractivity (Wildman–Crippen MR) is 177 cm³/mol. The van der Waals surface area contributed by atoms with Crippen molar-refractivity contribution in [3.05, 3.63) is 134 Å². The Kier molecular flexibility index (Phi) is 13.6. The van der Waals surface area contributed by atoms with E-state index in [-0.39, 0.29) is 0 Å². The zero-order chi connectivity index (χ0) is 49.0. The van der Waals surface area contributed by atoms with Gasteiger partial charge in [-0.25, -0.2) is 0 Å². The zero-order valence-corrected chi connectivity index (χ0v) is 31.4. The van der Waals surface area contributed by atoms with Crippen molar-refractivity contribution in [1.29, 1.82) is 0 Å². The van der Waals surface area contributed by atoms with Gasteiger partial charge in [-0.05, 0) is 24.3 Å². The third kappa shape index (κ3) is 11.5. The standard InChI is InChI=1S/C32H12BF24.C4H6NOS/c34-25(35,36)13-1-14(26(37,38)39)6-21(5-13)33(22-7-15(27(40,41)42)2-16(8-22)28(43,44)45,23-9-17(29(46,47)48)3-18(10-23)30(49,50)51)24-11-19(31(52,53)54)4-20(12-24)32(55,56)57;1-6-5-2-3-7-4-5/h1-12H;2-4H,1H3/q-1;+1. The molecule has 64 heavy (non-hydrogen) atoms. The van der Waals surface area contributed by atoms with Gasteiger partial charge in [0.1, 0.15) is 13.3 Å². The van der Waals surface area contributed by atoms with E-state index in [1.165, 1.54) is 0 Å². The second-order valence-electron chi connectivity index (χ2n) is 13.3. The molecular weight excluding hydrogens is 961 g/mol. The Morgan fingerprint density at radius 1 is 0.344 bits per heavy atom. The fraction of sp³-hybridized carbons (Fsp3) is 0.250. The van der Waals surface area contributed by atoms with Gasteiger partial charge in [0.15, 0.2) is 0 Å². The Labute approximate surface area is 345 Å². The largest absolute Gasteiger partial charge is 0.416 e. The summed E-state index contributed by atoms with van der Waals surface area (Å²) in [4.78, 5) is 4.78. The minimum atomic E-state index is -6.13. The highest BCUT2D eigenvalue weighted by Crippen LogP contribution is 2.41. The molecule has 0 aliphatic carbocycles. The van der Waals surface area contributed by atoms with Crippen LogP contribution in [0.25, 0.3) is 0 Å². The number of benzene rings is 4. The molecule has 0 aliphatic heterocycles. The number of alkyl halides is 24. The molecule has 1 aromatic heterocycles. The van der Waals surface area contributed by atoms with Crippen LogP contribution in [0.4, 0.5) is 105 Å². The summed E-state index contributed by atoms with van der Waals surface area (Å²) in [7, 11) is 1.63. The fourth-order valence-electron chi connectivity index (χ4n) is 6.40. The van der Waals surface area contributed by atoms with Gasteiger partial charge in [-0.1, -0.05) is 59.9 Å². The lowest BCUT2D eigenvalue weighted by Crippen LogP contribution is -2.75. The Balaban J connectivity index is 0.00000117. The van der Waals surface area contributed by atoms with Crippen molar-refractivity contribution in [1.82, 2.24) is 0 Å². The molecule has 0 bridgehead atoms. The molecule has 0 radical (unpaired) electrons. The van der Waals surface area contributed by atoms with Crippen molar-refractivity contribution < 1.29 is 115 Å². The van der Waals surface area contributed by atoms with Crippen LogP contribution in [-0.4, -0.2) is 13.3 Å². The minimum absolute atomic E-state index is 0.691. The van der Waals surface area contributed by atoms with Crippen LogP contribution in [-0.2, 0) is 49.4 Å². The molecule has 0 N–H and O–H groups in total. The SMILES string of the molecule is CO[n+]1ccsc1.FC(F)(F)c1cc([B-](c2cc(C(F)(F)F)cc(C(F)(F)F)c2)(c2cc(C(F)(F)F)cc(C(F)(F)F)c2)c2cc(C(F)(F)F)cc(C(F)(F)F)c2)cc(C(F)(F)F)c1. The number of thiazole rings is 1. The molecule has 5 rings (SSSR count). The lowest BCUT2D eigenvalue weighted by atomic mass is 9.12. The molecule has 0 saturated heterocycles. The molecule has 0 unspecified atom stereocenters. The maximum Gasteiger partial charge on any atom is 0.416 e.